The summed E-state index contributed by atoms with van der Waals surface area (Å²) in [6.07, 6.45) is 4.36. The van der Waals surface area contributed by atoms with Gasteiger partial charge in [-0.05, 0) is 55.8 Å². The normalized spacial score (nSPS) is 15.8. The number of nitrogens with one attached hydrogen (secondary N) is 3. The first-order valence-corrected chi connectivity index (χ1v) is 8.36. The Kier molecular flexibility index (Phi) is 6.21. The molecule has 0 atom stereocenters. The van der Waals surface area contributed by atoms with E-state index in [4.69, 9.17) is 0 Å². The van der Waals surface area contributed by atoms with Crippen molar-refractivity contribution < 1.29 is 4.79 Å². The van der Waals surface area contributed by atoms with Gasteiger partial charge in [0, 0.05) is 18.0 Å². The van der Waals surface area contributed by atoms with Gasteiger partial charge in [0.05, 0.1) is 0 Å². The monoisotopic (exact) mass is 293 g/mol. The van der Waals surface area contributed by atoms with E-state index in [9.17, 15) is 4.79 Å². The lowest BCUT2D eigenvalue weighted by Crippen LogP contribution is -2.40. The molecular formula is C15H23N3OS. The number of thioether (sulfide) groups is 1. The van der Waals surface area contributed by atoms with Crippen molar-refractivity contribution in [3.63, 3.8) is 0 Å². The van der Waals surface area contributed by atoms with Crippen LogP contribution >= 0.6 is 11.8 Å². The van der Waals surface area contributed by atoms with Gasteiger partial charge in [-0.3, -0.25) is 0 Å². The average Bonchev–Trinajstić information content (AvgIpc) is 2.52. The van der Waals surface area contributed by atoms with Crippen molar-refractivity contribution in [2.24, 2.45) is 5.92 Å². The number of amides is 2. The lowest BCUT2D eigenvalue weighted by molar-refractivity contribution is 0.236. The summed E-state index contributed by atoms with van der Waals surface area (Å²) in [6, 6.07) is 8.19. The van der Waals surface area contributed by atoms with Crippen LogP contribution in [0.5, 0.6) is 0 Å². The number of hydrogen-bond acceptors (Lipinski definition) is 3. The maximum atomic E-state index is 11.7. The lowest BCUT2D eigenvalue weighted by Gasteiger charge is -2.22. The Morgan fingerprint density at radius 2 is 1.95 bits per heavy atom. The highest BCUT2D eigenvalue weighted by Crippen LogP contribution is 2.14. The van der Waals surface area contributed by atoms with E-state index in [1.807, 2.05) is 0 Å². The Hall–Kier alpha value is -1.20. The summed E-state index contributed by atoms with van der Waals surface area (Å²) in [6.45, 7) is 3.48. The van der Waals surface area contributed by atoms with Gasteiger partial charge >= 0.3 is 6.03 Å². The zero-order valence-corrected chi connectivity index (χ0v) is 12.8. The zero-order valence-electron chi connectivity index (χ0n) is 11.9. The average molecular weight is 293 g/mol. The largest absolute Gasteiger partial charge is 0.338 e. The van der Waals surface area contributed by atoms with E-state index in [-0.39, 0.29) is 6.03 Å². The fraction of sp³-hybridized carbons (Fsp3) is 0.533. The molecule has 110 valence electrons. The standard InChI is InChI=1S/C15H23N3OS/c1-20-14-4-2-12(3-5-14)10-17-15(19)18-11-13-6-8-16-9-7-13/h2-5,13,16H,6-11H2,1H3,(H2,17,18,19). The molecule has 4 nitrogen and oxygen atoms in total. The molecule has 5 heteroatoms. The molecule has 0 unspecified atom stereocenters. The number of carbonyl (C=O) groups is 1. The van der Waals surface area contributed by atoms with E-state index in [2.05, 4.69) is 46.5 Å². The van der Waals surface area contributed by atoms with Crippen molar-refractivity contribution in [3.05, 3.63) is 29.8 Å². The van der Waals surface area contributed by atoms with Crippen LogP contribution < -0.4 is 16.0 Å². The minimum Gasteiger partial charge on any atom is -0.338 e. The maximum Gasteiger partial charge on any atom is 0.315 e. The van der Waals surface area contributed by atoms with Crippen LogP contribution in [0.2, 0.25) is 0 Å². The molecule has 2 rings (SSSR count). The molecule has 0 aliphatic carbocycles. The van der Waals surface area contributed by atoms with Gasteiger partial charge in [-0.25, -0.2) is 4.79 Å². The first-order valence-electron chi connectivity index (χ1n) is 7.13. The van der Waals surface area contributed by atoms with E-state index in [1.165, 1.54) is 4.90 Å². The smallest absolute Gasteiger partial charge is 0.315 e. The van der Waals surface area contributed by atoms with E-state index in [0.29, 0.717) is 12.5 Å². The van der Waals surface area contributed by atoms with Gasteiger partial charge in [0.2, 0.25) is 0 Å². The predicted molar refractivity (Wildman–Crippen MR) is 84.1 cm³/mol. The minimum absolute atomic E-state index is 0.0718. The van der Waals surface area contributed by atoms with Crippen LogP contribution in [0.3, 0.4) is 0 Å². The highest BCUT2D eigenvalue weighted by atomic mass is 32.2. The predicted octanol–water partition coefficient (Wildman–Crippen LogP) is 2.21. The molecule has 0 bridgehead atoms. The topological polar surface area (TPSA) is 53.2 Å². The van der Waals surface area contributed by atoms with Crippen molar-refractivity contribution >= 4 is 17.8 Å². The van der Waals surface area contributed by atoms with Gasteiger partial charge in [-0.15, -0.1) is 11.8 Å². The van der Waals surface area contributed by atoms with E-state index < -0.39 is 0 Å². The third-order valence-corrected chi connectivity index (χ3v) is 4.37. The highest BCUT2D eigenvalue weighted by Gasteiger charge is 2.13. The molecule has 2 amide bonds. The van der Waals surface area contributed by atoms with Gasteiger partial charge in [0.15, 0.2) is 0 Å². The van der Waals surface area contributed by atoms with Crippen molar-refractivity contribution in [2.45, 2.75) is 24.3 Å². The van der Waals surface area contributed by atoms with Crippen molar-refractivity contribution in [3.8, 4) is 0 Å². The first kappa shape index (κ1) is 15.2. The second kappa shape index (κ2) is 8.17. The summed E-state index contributed by atoms with van der Waals surface area (Å²) in [7, 11) is 0. The Morgan fingerprint density at radius 3 is 2.60 bits per heavy atom. The van der Waals surface area contributed by atoms with E-state index in [0.717, 1.165) is 38.0 Å². The van der Waals surface area contributed by atoms with Crippen LogP contribution in [-0.4, -0.2) is 31.9 Å². The summed E-state index contributed by atoms with van der Waals surface area (Å²) < 4.78 is 0. The Balaban J connectivity index is 1.66. The molecule has 20 heavy (non-hydrogen) atoms. The molecule has 3 N–H and O–H groups in total. The van der Waals surface area contributed by atoms with Gasteiger partial charge in [0.1, 0.15) is 0 Å². The second-order valence-electron chi connectivity index (χ2n) is 5.11. The summed E-state index contributed by atoms with van der Waals surface area (Å²) in [5.41, 5.74) is 1.12. The highest BCUT2D eigenvalue weighted by molar-refractivity contribution is 7.98. The fourth-order valence-corrected chi connectivity index (χ4v) is 2.72. The molecule has 1 aromatic rings. The number of piperidine rings is 1. The Morgan fingerprint density at radius 1 is 1.25 bits per heavy atom. The lowest BCUT2D eigenvalue weighted by atomic mass is 9.98. The molecule has 0 spiro atoms. The zero-order chi connectivity index (χ0) is 14.2. The van der Waals surface area contributed by atoms with Crippen LogP contribution in [0, 0.1) is 5.92 Å². The van der Waals surface area contributed by atoms with Crippen LogP contribution in [0.25, 0.3) is 0 Å². The van der Waals surface area contributed by atoms with Crippen molar-refractivity contribution in [2.75, 3.05) is 25.9 Å². The SMILES string of the molecule is CSc1ccc(CNC(=O)NCC2CCNCC2)cc1. The number of benzene rings is 1. The number of hydrogen-bond donors (Lipinski definition) is 3. The van der Waals surface area contributed by atoms with Crippen LogP contribution in [0.15, 0.2) is 29.2 Å². The number of urea groups is 1. The van der Waals surface area contributed by atoms with Gasteiger partial charge in [-0.2, -0.15) is 0 Å². The van der Waals surface area contributed by atoms with Gasteiger partial charge < -0.3 is 16.0 Å². The molecule has 1 heterocycles. The fourth-order valence-electron chi connectivity index (χ4n) is 2.31. The summed E-state index contributed by atoms with van der Waals surface area (Å²) >= 11 is 1.72. The molecule has 1 aliphatic heterocycles. The number of carbonyl (C=O) groups excluding carboxylic acids is 1. The van der Waals surface area contributed by atoms with E-state index in [1.54, 1.807) is 11.8 Å². The van der Waals surface area contributed by atoms with Crippen molar-refractivity contribution in [1.29, 1.82) is 0 Å². The van der Waals surface area contributed by atoms with Gasteiger partial charge in [0.25, 0.3) is 0 Å². The summed E-state index contributed by atoms with van der Waals surface area (Å²) in [5.74, 6) is 0.614. The minimum atomic E-state index is -0.0718. The molecule has 1 fully saturated rings. The summed E-state index contributed by atoms with van der Waals surface area (Å²) in [4.78, 5) is 13.0. The van der Waals surface area contributed by atoms with Crippen LogP contribution in [0.4, 0.5) is 4.79 Å². The Bertz CT molecular complexity index is 416. The summed E-state index contributed by atoms with van der Waals surface area (Å²) in [5, 5.41) is 9.20. The van der Waals surface area contributed by atoms with Gasteiger partial charge in [-0.1, -0.05) is 12.1 Å². The first-order chi connectivity index (χ1) is 9.78. The Labute approximate surface area is 125 Å². The third-order valence-electron chi connectivity index (χ3n) is 3.62. The van der Waals surface area contributed by atoms with E-state index >= 15 is 0 Å². The molecule has 1 aliphatic rings. The molecule has 0 radical (unpaired) electrons. The molecule has 1 saturated heterocycles. The maximum absolute atomic E-state index is 11.7. The molecule has 1 aromatic carbocycles. The quantitative estimate of drug-likeness (QED) is 0.730. The molecule has 0 saturated carbocycles. The molecule has 0 aromatic heterocycles. The molecular weight excluding hydrogens is 270 g/mol. The van der Waals surface area contributed by atoms with Crippen molar-refractivity contribution in [1.82, 2.24) is 16.0 Å². The second-order valence-corrected chi connectivity index (χ2v) is 5.98. The van der Waals surface area contributed by atoms with Crippen LogP contribution in [-0.2, 0) is 6.54 Å². The third kappa shape index (κ3) is 5.06. The number of rotatable bonds is 5. The van der Waals surface area contributed by atoms with Crippen LogP contribution in [0.1, 0.15) is 18.4 Å².